The zero-order valence-electron chi connectivity index (χ0n) is 12.8. The van der Waals surface area contributed by atoms with Crippen LogP contribution < -0.4 is 0 Å². The molecule has 2 aromatic rings. The first-order valence-corrected chi connectivity index (χ1v) is 7.37. The van der Waals surface area contributed by atoms with Gasteiger partial charge in [-0.15, -0.1) is 6.58 Å². The second-order valence-corrected chi connectivity index (χ2v) is 5.05. The summed E-state index contributed by atoms with van der Waals surface area (Å²) in [5.41, 5.74) is 1.87. The second kappa shape index (κ2) is 8.88. The van der Waals surface area contributed by atoms with Crippen molar-refractivity contribution >= 4 is 5.97 Å². The number of aliphatic carboxylic acids is 1. The van der Waals surface area contributed by atoms with Gasteiger partial charge in [0.2, 0.25) is 0 Å². The van der Waals surface area contributed by atoms with Gasteiger partial charge in [-0.1, -0.05) is 66.7 Å². The maximum atomic E-state index is 11.5. The van der Waals surface area contributed by atoms with Crippen molar-refractivity contribution in [3.05, 3.63) is 84.4 Å². The molecular formula is C19H20O4. The fourth-order valence-corrected chi connectivity index (χ4v) is 2.11. The first kappa shape index (κ1) is 16.9. The summed E-state index contributed by atoms with van der Waals surface area (Å²) in [6, 6.07) is 19.0. The average Bonchev–Trinajstić information content (AvgIpc) is 2.59. The summed E-state index contributed by atoms with van der Waals surface area (Å²) in [4.78, 5) is 11.5. The maximum Gasteiger partial charge on any atom is 0.335 e. The van der Waals surface area contributed by atoms with Gasteiger partial charge in [-0.25, -0.2) is 4.79 Å². The zero-order chi connectivity index (χ0) is 16.5. The highest BCUT2D eigenvalue weighted by Crippen LogP contribution is 2.13. The lowest BCUT2D eigenvalue weighted by atomic mass is 10.2. The van der Waals surface area contributed by atoms with E-state index in [2.05, 4.69) is 6.58 Å². The summed E-state index contributed by atoms with van der Waals surface area (Å²) in [6.45, 7) is 4.17. The average molecular weight is 312 g/mol. The van der Waals surface area contributed by atoms with Gasteiger partial charge < -0.3 is 14.6 Å². The van der Waals surface area contributed by atoms with Crippen molar-refractivity contribution in [3.63, 3.8) is 0 Å². The van der Waals surface area contributed by atoms with Crippen molar-refractivity contribution in [2.24, 2.45) is 0 Å². The van der Waals surface area contributed by atoms with E-state index in [1.807, 2.05) is 60.7 Å². The third kappa shape index (κ3) is 5.36. The largest absolute Gasteiger partial charge is 0.479 e. The minimum atomic E-state index is -1.10. The van der Waals surface area contributed by atoms with Crippen LogP contribution in [-0.2, 0) is 27.5 Å². The molecule has 0 heterocycles. The van der Waals surface area contributed by atoms with E-state index in [1.54, 1.807) is 0 Å². The van der Waals surface area contributed by atoms with E-state index in [1.165, 1.54) is 6.08 Å². The highest BCUT2D eigenvalue weighted by molar-refractivity contribution is 5.73. The molecule has 0 bridgehead atoms. The summed E-state index contributed by atoms with van der Waals surface area (Å²) in [5.74, 6) is -1.07. The molecule has 23 heavy (non-hydrogen) atoms. The number of hydrogen-bond acceptors (Lipinski definition) is 3. The Balaban J connectivity index is 1.96. The van der Waals surface area contributed by atoms with Gasteiger partial charge in [0.1, 0.15) is 6.10 Å². The molecule has 0 saturated heterocycles. The molecule has 0 aliphatic heterocycles. The van der Waals surface area contributed by atoms with E-state index in [4.69, 9.17) is 9.47 Å². The minimum absolute atomic E-state index is 0.205. The molecule has 4 heteroatoms. The molecule has 0 unspecified atom stereocenters. The van der Waals surface area contributed by atoms with Crippen molar-refractivity contribution in [1.29, 1.82) is 0 Å². The molecule has 0 aliphatic carbocycles. The van der Waals surface area contributed by atoms with Crippen LogP contribution in [0.3, 0.4) is 0 Å². The number of carbonyl (C=O) groups is 1. The fourth-order valence-electron chi connectivity index (χ4n) is 2.11. The molecular weight excluding hydrogens is 292 g/mol. The van der Waals surface area contributed by atoms with Gasteiger partial charge in [0.05, 0.1) is 13.2 Å². The number of hydrogen-bond donors (Lipinski definition) is 1. The normalized spacial score (nSPS) is 13.2. The predicted molar refractivity (Wildman–Crippen MR) is 87.9 cm³/mol. The Kier molecular flexibility index (Phi) is 6.54. The van der Waals surface area contributed by atoms with Gasteiger partial charge in [-0.3, -0.25) is 0 Å². The third-order valence-electron chi connectivity index (χ3n) is 3.33. The van der Waals surface area contributed by atoms with Crippen LogP contribution in [0.5, 0.6) is 0 Å². The first-order valence-electron chi connectivity index (χ1n) is 7.37. The summed E-state index contributed by atoms with van der Waals surface area (Å²) >= 11 is 0. The molecule has 1 N–H and O–H groups in total. The van der Waals surface area contributed by atoms with Gasteiger partial charge in [-0.2, -0.15) is 0 Å². The van der Waals surface area contributed by atoms with Crippen LogP contribution in [0.1, 0.15) is 11.1 Å². The number of benzene rings is 2. The van der Waals surface area contributed by atoms with Gasteiger partial charge in [0.15, 0.2) is 6.10 Å². The smallest absolute Gasteiger partial charge is 0.335 e. The zero-order valence-corrected chi connectivity index (χ0v) is 12.8. The quantitative estimate of drug-likeness (QED) is 0.721. The Morgan fingerprint density at radius 3 is 1.87 bits per heavy atom. The molecule has 0 saturated carbocycles. The van der Waals surface area contributed by atoms with Crippen LogP contribution in [0.25, 0.3) is 0 Å². The van der Waals surface area contributed by atoms with E-state index < -0.39 is 18.2 Å². The second-order valence-electron chi connectivity index (χ2n) is 5.05. The molecule has 0 aliphatic rings. The predicted octanol–water partition coefficient (Wildman–Crippen LogP) is 3.43. The Hall–Kier alpha value is -2.43. The SMILES string of the molecule is C=C[C@@H](OCc1ccccc1)[C@@H](OCc1ccccc1)C(=O)O. The summed E-state index contributed by atoms with van der Waals surface area (Å²) in [5, 5.41) is 9.40. The molecule has 120 valence electrons. The van der Waals surface area contributed by atoms with Gasteiger partial charge in [-0.05, 0) is 11.1 Å². The Bertz CT molecular complexity index is 610. The van der Waals surface area contributed by atoms with Crippen molar-refractivity contribution in [1.82, 2.24) is 0 Å². The van der Waals surface area contributed by atoms with Crippen LogP contribution in [0.15, 0.2) is 73.3 Å². The number of rotatable bonds is 9. The van der Waals surface area contributed by atoms with Crippen LogP contribution in [-0.4, -0.2) is 23.3 Å². The third-order valence-corrected chi connectivity index (χ3v) is 3.33. The lowest BCUT2D eigenvalue weighted by molar-refractivity contribution is -0.161. The topological polar surface area (TPSA) is 55.8 Å². The highest BCUT2D eigenvalue weighted by Gasteiger charge is 2.27. The molecule has 0 radical (unpaired) electrons. The summed E-state index contributed by atoms with van der Waals surface area (Å²) in [6.07, 6.45) is -0.361. The highest BCUT2D eigenvalue weighted by atomic mass is 16.6. The molecule has 2 rings (SSSR count). The van der Waals surface area contributed by atoms with E-state index in [-0.39, 0.29) is 6.61 Å². The van der Waals surface area contributed by atoms with Crippen molar-refractivity contribution < 1.29 is 19.4 Å². The van der Waals surface area contributed by atoms with Crippen molar-refractivity contribution in [2.45, 2.75) is 25.4 Å². The first-order chi connectivity index (χ1) is 11.2. The van der Waals surface area contributed by atoms with Crippen LogP contribution in [0, 0.1) is 0 Å². The standard InChI is InChI=1S/C19H20O4/c1-2-17(22-13-15-9-5-3-6-10-15)18(19(20)21)23-14-16-11-7-4-8-12-16/h2-12,17-18H,1,13-14H2,(H,20,21)/t17-,18-/m1/s1. The Morgan fingerprint density at radius 1 is 0.957 bits per heavy atom. The molecule has 2 atom stereocenters. The summed E-state index contributed by atoms with van der Waals surface area (Å²) in [7, 11) is 0. The van der Waals surface area contributed by atoms with E-state index in [0.717, 1.165) is 11.1 Å². The summed E-state index contributed by atoms with van der Waals surface area (Å²) < 4.78 is 11.2. The molecule has 4 nitrogen and oxygen atoms in total. The lowest BCUT2D eigenvalue weighted by Gasteiger charge is -2.22. The molecule has 2 aromatic carbocycles. The molecule has 0 amide bonds. The van der Waals surface area contributed by atoms with Crippen LogP contribution in [0.2, 0.25) is 0 Å². The lowest BCUT2D eigenvalue weighted by Crippen LogP contribution is -2.37. The van der Waals surface area contributed by atoms with Crippen molar-refractivity contribution in [2.75, 3.05) is 0 Å². The number of carboxylic acids is 1. The Morgan fingerprint density at radius 2 is 1.43 bits per heavy atom. The molecule has 0 aromatic heterocycles. The van der Waals surface area contributed by atoms with Crippen LogP contribution in [0.4, 0.5) is 0 Å². The van der Waals surface area contributed by atoms with Gasteiger partial charge >= 0.3 is 5.97 Å². The monoisotopic (exact) mass is 312 g/mol. The minimum Gasteiger partial charge on any atom is -0.479 e. The van der Waals surface area contributed by atoms with E-state index >= 15 is 0 Å². The van der Waals surface area contributed by atoms with Crippen molar-refractivity contribution in [3.8, 4) is 0 Å². The van der Waals surface area contributed by atoms with E-state index in [0.29, 0.717) is 6.61 Å². The number of carboxylic acid groups (broad SMARTS) is 1. The molecule has 0 fully saturated rings. The van der Waals surface area contributed by atoms with E-state index in [9.17, 15) is 9.90 Å². The Labute approximate surface area is 136 Å². The molecule has 0 spiro atoms. The van der Waals surface area contributed by atoms with Gasteiger partial charge in [0.25, 0.3) is 0 Å². The maximum absolute atomic E-state index is 11.5. The van der Waals surface area contributed by atoms with Crippen LogP contribution >= 0.6 is 0 Å². The van der Waals surface area contributed by atoms with Gasteiger partial charge in [0, 0.05) is 0 Å². The number of ether oxygens (including phenoxy) is 2. The fraction of sp³-hybridized carbons (Fsp3) is 0.211.